The molecule has 3 atom stereocenters. The van der Waals surface area contributed by atoms with Crippen LogP contribution in [0.15, 0.2) is 47.8 Å². The van der Waals surface area contributed by atoms with Gasteiger partial charge in [0.15, 0.2) is 17.5 Å². The van der Waals surface area contributed by atoms with E-state index in [0.717, 1.165) is 41.9 Å². The van der Waals surface area contributed by atoms with E-state index < -0.39 is 23.6 Å². The maximum absolute atomic E-state index is 13.8. The molecule has 2 aliphatic rings. The van der Waals surface area contributed by atoms with Crippen molar-refractivity contribution in [3.8, 4) is 11.4 Å². The molecule has 3 unspecified atom stereocenters. The molecule has 10 heteroatoms. The SMILES string of the molecule is COc1cc(C2CCCN3C(=N2)NOC(c2cc(F)c(F)c(F)c2)C3C)ccc1-n1cnc(C)c1. The van der Waals surface area contributed by atoms with Crippen LogP contribution in [0.25, 0.3) is 5.69 Å². The molecule has 7 nitrogen and oxygen atoms in total. The number of methoxy groups -OCH3 is 1. The Morgan fingerprint density at radius 3 is 2.57 bits per heavy atom. The number of nitrogens with one attached hydrogen (secondary N) is 1. The fourth-order valence-corrected chi connectivity index (χ4v) is 4.70. The normalized spacial score (nSPS) is 22.2. The van der Waals surface area contributed by atoms with Crippen LogP contribution in [-0.2, 0) is 4.84 Å². The highest BCUT2D eigenvalue weighted by atomic mass is 19.2. The standard InChI is InChI=1S/C25H26F3N5O2/c1-14-12-32(13-29-14)21-7-6-16(11-22(21)34-3)20-5-4-8-33-15(2)24(35-31-25(33)30-20)17-9-18(26)23(28)19(27)10-17/h6-7,9-13,15,20,24H,4-5,8H2,1-3H3,(H,30,31). The van der Waals surface area contributed by atoms with E-state index in [1.165, 1.54) is 0 Å². The number of fused-ring (bicyclic) bond motifs is 1. The molecule has 2 aliphatic heterocycles. The van der Waals surface area contributed by atoms with E-state index in [2.05, 4.69) is 10.5 Å². The van der Waals surface area contributed by atoms with Crippen LogP contribution in [-0.4, -0.2) is 40.1 Å². The molecule has 0 bridgehead atoms. The third-order valence-electron chi connectivity index (χ3n) is 6.55. The summed E-state index contributed by atoms with van der Waals surface area (Å²) in [6, 6.07) is 7.52. The van der Waals surface area contributed by atoms with Crippen molar-refractivity contribution < 1.29 is 22.7 Å². The smallest absolute Gasteiger partial charge is 0.219 e. The van der Waals surface area contributed by atoms with E-state index in [0.29, 0.717) is 18.3 Å². The second kappa shape index (κ2) is 9.26. The predicted octanol–water partition coefficient (Wildman–Crippen LogP) is 4.76. The van der Waals surface area contributed by atoms with E-state index in [1.54, 1.807) is 13.4 Å². The molecule has 0 radical (unpaired) electrons. The Kier molecular flexibility index (Phi) is 6.14. The summed E-state index contributed by atoms with van der Waals surface area (Å²) in [6.07, 6.45) is 4.62. The first-order valence-electron chi connectivity index (χ1n) is 11.4. The molecule has 0 saturated carbocycles. The fraction of sp³-hybridized carbons (Fsp3) is 0.360. The van der Waals surface area contributed by atoms with Crippen LogP contribution < -0.4 is 10.2 Å². The Labute approximate surface area is 201 Å². The van der Waals surface area contributed by atoms with E-state index >= 15 is 0 Å². The number of hydrogen-bond donors (Lipinski definition) is 1. The van der Waals surface area contributed by atoms with Crippen molar-refractivity contribution in [3.05, 3.63) is 77.1 Å². The van der Waals surface area contributed by atoms with E-state index in [9.17, 15) is 13.2 Å². The van der Waals surface area contributed by atoms with Crippen molar-refractivity contribution in [3.63, 3.8) is 0 Å². The van der Waals surface area contributed by atoms with Gasteiger partial charge in [-0.3, -0.25) is 4.84 Å². The van der Waals surface area contributed by atoms with Gasteiger partial charge in [-0.15, -0.1) is 0 Å². The first kappa shape index (κ1) is 23.2. The molecule has 0 aliphatic carbocycles. The Balaban J connectivity index is 1.41. The summed E-state index contributed by atoms with van der Waals surface area (Å²) in [5, 5.41) is 0. The molecule has 184 valence electrons. The summed E-state index contributed by atoms with van der Waals surface area (Å²) >= 11 is 0. The molecule has 3 aromatic rings. The number of guanidine groups is 1. The molecule has 1 saturated heterocycles. The van der Waals surface area contributed by atoms with Crippen molar-refractivity contribution in [1.29, 1.82) is 0 Å². The fourth-order valence-electron chi connectivity index (χ4n) is 4.70. The monoisotopic (exact) mass is 485 g/mol. The van der Waals surface area contributed by atoms with Crippen LogP contribution in [0.3, 0.4) is 0 Å². The van der Waals surface area contributed by atoms with Gasteiger partial charge >= 0.3 is 0 Å². The third-order valence-corrected chi connectivity index (χ3v) is 6.55. The minimum absolute atomic E-state index is 0.136. The number of imidazole rings is 1. The Morgan fingerprint density at radius 1 is 1.11 bits per heavy atom. The number of aliphatic imine (C=N–C) groups is 1. The zero-order valence-corrected chi connectivity index (χ0v) is 19.6. The van der Waals surface area contributed by atoms with Crippen LogP contribution in [0.4, 0.5) is 13.2 Å². The number of aromatic nitrogens is 2. The molecule has 5 rings (SSSR count). The van der Waals surface area contributed by atoms with E-state index in [4.69, 9.17) is 14.6 Å². The van der Waals surface area contributed by atoms with Gasteiger partial charge in [-0.2, -0.15) is 0 Å². The summed E-state index contributed by atoms with van der Waals surface area (Å²) in [5.41, 5.74) is 5.86. The van der Waals surface area contributed by atoms with Gasteiger partial charge in [0.05, 0.1) is 36.9 Å². The van der Waals surface area contributed by atoms with Gasteiger partial charge in [0.1, 0.15) is 11.9 Å². The van der Waals surface area contributed by atoms with Gasteiger partial charge in [0.25, 0.3) is 0 Å². The highest BCUT2D eigenvalue weighted by Crippen LogP contribution is 2.35. The molecule has 35 heavy (non-hydrogen) atoms. The zero-order valence-electron chi connectivity index (χ0n) is 19.6. The first-order valence-corrected chi connectivity index (χ1v) is 11.4. The second-order valence-electron chi connectivity index (χ2n) is 8.84. The topological polar surface area (TPSA) is 63.9 Å². The Morgan fingerprint density at radius 2 is 1.89 bits per heavy atom. The highest BCUT2D eigenvalue weighted by Gasteiger charge is 2.36. The average molecular weight is 486 g/mol. The molecule has 0 spiro atoms. The molecule has 2 aromatic carbocycles. The van der Waals surface area contributed by atoms with Crippen LogP contribution in [0.5, 0.6) is 5.75 Å². The minimum Gasteiger partial charge on any atom is -0.495 e. The summed E-state index contributed by atoms with van der Waals surface area (Å²) < 4.78 is 48.6. The number of rotatable bonds is 4. The molecule has 1 N–H and O–H groups in total. The largest absolute Gasteiger partial charge is 0.495 e. The first-order chi connectivity index (χ1) is 16.9. The Bertz CT molecular complexity index is 1250. The second-order valence-corrected chi connectivity index (χ2v) is 8.84. The van der Waals surface area contributed by atoms with Gasteiger partial charge in [0, 0.05) is 12.7 Å². The van der Waals surface area contributed by atoms with Gasteiger partial charge in [-0.05, 0) is 62.1 Å². The number of nitrogens with zero attached hydrogens (tertiary/aromatic N) is 4. The van der Waals surface area contributed by atoms with Crippen molar-refractivity contribution in [2.45, 2.75) is 44.9 Å². The van der Waals surface area contributed by atoms with Crippen LogP contribution in [0, 0.1) is 24.4 Å². The number of aryl methyl sites for hydroxylation is 1. The molecule has 1 aromatic heterocycles. The van der Waals surface area contributed by atoms with Gasteiger partial charge in [-0.1, -0.05) is 6.07 Å². The molecule has 0 amide bonds. The third kappa shape index (κ3) is 4.34. The molecule has 3 heterocycles. The molecule has 1 fully saturated rings. The summed E-state index contributed by atoms with van der Waals surface area (Å²) in [4.78, 5) is 17.0. The Hall–Kier alpha value is -3.53. The van der Waals surface area contributed by atoms with E-state index in [-0.39, 0.29) is 17.6 Å². The van der Waals surface area contributed by atoms with Crippen molar-refractivity contribution in [2.24, 2.45) is 4.99 Å². The maximum Gasteiger partial charge on any atom is 0.219 e. The van der Waals surface area contributed by atoms with Crippen LogP contribution in [0.1, 0.15) is 48.7 Å². The minimum atomic E-state index is -1.49. The molecular weight excluding hydrogens is 459 g/mol. The van der Waals surface area contributed by atoms with Crippen LogP contribution in [0.2, 0.25) is 0 Å². The maximum atomic E-state index is 13.8. The van der Waals surface area contributed by atoms with Gasteiger partial charge in [0.2, 0.25) is 5.96 Å². The van der Waals surface area contributed by atoms with Crippen molar-refractivity contribution >= 4 is 5.96 Å². The van der Waals surface area contributed by atoms with Crippen molar-refractivity contribution in [2.75, 3.05) is 13.7 Å². The zero-order chi connectivity index (χ0) is 24.7. The number of hydroxylamine groups is 1. The number of benzene rings is 2. The summed E-state index contributed by atoms with van der Waals surface area (Å²) in [7, 11) is 1.63. The lowest BCUT2D eigenvalue weighted by molar-refractivity contribution is -0.0643. The predicted molar refractivity (Wildman–Crippen MR) is 124 cm³/mol. The number of halogens is 3. The molecular formula is C25H26F3N5O2. The van der Waals surface area contributed by atoms with E-state index in [1.807, 2.05) is 47.7 Å². The van der Waals surface area contributed by atoms with Gasteiger partial charge in [-0.25, -0.2) is 28.6 Å². The average Bonchev–Trinajstić information content (AvgIpc) is 3.15. The number of ether oxygens (including phenoxy) is 1. The van der Waals surface area contributed by atoms with Crippen LogP contribution >= 0.6 is 0 Å². The number of hydrogen-bond acceptors (Lipinski definition) is 6. The van der Waals surface area contributed by atoms with Gasteiger partial charge < -0.3 is 14.2 Å². The van der Waals surface area contributed by atoms with Crippen molar-refractivity contribution in [1.82, 2.24) is 19.9 Å². The lowest BCUT2D eigenvalue weighted by Gasteiger charge is -2.41. The summed E-state index contributed by atoms with van der Waals surface area (Å²) in [5.74, 6) is -2.71. The quantitative estimate of drug-likeness (QED) is 0.540. The lowest BCUT2D eigenvalue weighted by Crippen LogP contribution is -2.54. The highest BCUT2D eigenvalue weighted by molar-refractivity contribution is 5.80. The summed E-state index contributed by atoms with van der Waals surface area (Å²) in [6.45, 7) is 4.50. The lowest BCUT2D eigenvalue weighted by atomic mass is 10.0.